The van der Waals surface area contributed by atoms with Gasteiger partial charge in [-0.15, -0.1) is 0 Å². The molecular weight excluding hydrogens is 398 g/mol. The molecule has 2 aromatic carbocycles. The van der Waals surface area contributed by atoms with Crippen LogP contribution in [0.5, 0.6) is 11.5 Å². The predicted molar refractivity (Wildman–Crippen MR) is 116 cm³/mol. The Morgan fingerprint density at radius 1 is 1.10 bits per heavy atom. The van der Waals surface area contributed by atoms with Gasteiger partial charge in [-0.25, -0.2) is 0 Å². The van der Waals surface area contributed by atoms with Gasteiger partial charge in [0.05, 0.1) is 18.2 Å². The minimum atomic E-state index is -0.816. The summed E-state index contributed by atoms with van der Waals surface area (Å²) in [6.45, 7) is 3.21. The van der Waals surface area contributed by atoms with Gasteiger partial charge in [0.2, 0.25) is 0 Å². The number of phenolic OH excluding ortho intramolecular Hbond substituents is 1. The smallest absolute Gasteiger partial charge is 0.295 e. The van der Waals surface area contributed by atoms with Gasteiger partial charge < -0.3 is 24.6 Å². The van der Waals surface area contributed by atoms with Crippen molar-refractivity contribution in [2.45, 2.75) is 25.8 Å². The largest absolute Gasteiger partial charge is 0.508 e. The number of hydrogen-bond donors (Lipinski definition) is 2. The van der Waals surface area contributed by atoms with Gasteiger partial charge in [0.15, 0.2) is 0 Å². The first kappa shape index (κ1) is 22.4. The maximum atomic E-state index is 13.0. The van der Waals surface area contributed by atoms with Crippen molar-refractivity contribution in [1.82, 2.24) is 4.90 Å². The van der Waals surface area contributed by atoms with Crippen LogP contribution in [0.25, 0.3) is 5.76 Å². The molecule has 31 heavy (non-hydrogen) atoms. The van der Waals surface area contributed by atoms with E-state index in [0.29, 0.717) is 36.5 Å². The Morgan fingerprint density at radius 3 is 2.58 bits per heavy atom. The molecule has 1 unspecified atom stereocenters. The van der Waals surface area contributed by atoms with Crippen molar-refractivity contribution in [2.24, 2.45) is 0 Å². The zero-order valence-corrected chi connectivity index (χ0v) is 17.7. The van der Waals surface area contributed by atoms with Crippen LogP contribution in [-0.2, 0) is 14.3 Å². The molecule has 0 spiro atoms. The fourth-order valence-electron chi connectivity index (χ4n) is 3.64. The number of rotatable bonds is 9. The average Bonchev–Trinajstić information content (AvgIpc) is 3.02. The zero-order valence-electron chi connectivity index (χ0n) is 17.7. The fraction of sp³-hybridized carbons (Fsp3) is 0.333. The van der Waals surface area contributed by atoms with Gasteiger partial charge in [-0.1, -0.05) is 31.2 Å². The van der Waals surface area contributed by atoms with E-state index in [1.54, 1.807) is 43.5 Å². The van der Waals surface area contributed by atoms with E-state index in [1.807, 2.05) is 6.92 Å². The molecule has 2 aromatic rings. The number of carbonyl (C=O) groups is 2. The molecule has 1 atom stereocenters. The molecule has 0 bridgehead atoms. The molecular formula is C24H27NO6. The topological polar surface area (TPSA) is 96.3 Å². The van der Waals surface area contributed by atoms with E-state index in [-0.39, 0.29) is 23.6 Å². The summed E-state index contributed by atoms with van der Waals surface area (Å²) in [5.41, 5.74) is 0.908. The normalized spacial score (nSPS) is 17.9. The minimum Gasteiger partial charge on any atom is -0.508 e. The van der Waals surface area contributed by atoms with Crippen molar-refractivity contribution in [3.05, 3.63) is 65.2 Å². The number of ether oxygens (including phenoxy) is 2. The average molecular weight is 425 g/mol. The number of ketones is 1. The molecule has 1 fully saturated rings. The maximum absolute atomic E-state index is 13.0. The standard InChI is InChI=1S/C24H27NO6/c1-3-12-31-19-10-5-8-17(15-19)22(27)20-21(16-7-4-9-18(26)14-16)25(11-6-13-30-2)24(29)23(20)28/h4-5,7-10,14-15,21,26-27H,3,6,11-13H2,1-2H3. The van der Waals surface area contributed by atoms with Crippen molar-refractivity contribution < 1.29 is 29.3 Å². The fourth-order valence-corrected chi connectivity index (χ4v) is 3.64. The molecule has 0 aliphatic carbocycles. The summed E-state index contributed by atoms with van der Waals surface area (Å²) in [5.74, 6) is -1.15. The Morgan fingerprint density at radius 2 is 1.87 bits per heavy atom. The van der Waals surface area contributed by atoms with Gasteiger partial charge in [-0.05, 0) is 42.7 Å². The monoisotopic (exact) mass is 425 g/mol. The highest BCUT2D eigenvalue weighted by Crippen LogP contribution is 2.40. The lowest BCUT2D eigenvalue weighted by atomic mass is 9.95. The second-order valence-corrected chi connectivity index (χ2v) is 7.31. The van der Waals surface area contributed by atoms with Crippen LogP contribution < -0.4 is 4.74 Å². The molecule has 0 saturated carbocycles. The zero-order chi connectivity index (χ0) is 22.4. The van der Waals surface area contributed by atoms with Crippen molar-refractivity contribution >= 4 is 17.4 Å². The Labute approximate surface area is 181 Å². The molecule has 1 saturated heterocycles. The summed E-state index contributed by atoms with van der Waals surface area (Å²) in [6, 6.07) is 12.3. The number of aliphatic hydroxyl groups excluding tert-OH is 1. The number of likely N-dealkylation sites (tertiary alicyclic amines) is 1. The molecule has 7 nitrogen and oxygen atoms in total. The molecule has 164 valence electrons. The number of amides is 1. The number of aliphatic hydroxyl groups is 1. The van der Waals surface area contributed by atoms with E-state index in [4.69, 9.17) is 9.47 Å². The number of nitrogens with zero attached hydrogens (tertiary/aromatic N) is 1. The van der Waals surface area contributed by atoms with Crippen molar-refractivity contribution in [3.63, 3.8) is 0 Å². The molecule has 0 aromatic heterocycles. The van der Waals surface area contributed by atoms with Gasteiger partial charge in [0.25, 0.3) is 11.7 Å². The maximum Gasteiger partial charge on any atom is 0.295 e. The highest BCUT2D eigenvalue weighted by molar-refractivity contribution is 6.46. The second kappa shape index (κ2) is 10.1. The molecule has 1 heterocycles. The number of aromatic hydroxyl groups is 1. The Hall–Kier alpha value is -3.32. The van der Waals surface area contributed by atoms with Crippen LogP contribution in [0.2, 0.25) is 0 Å². The van der Waals surface area contributed by atoms with E-state index < -0.39 is 17.7 Å². The SMILES string of the molecule is CCCOc1cccc(C(O)=C2C(=O)C(=O)N(CCCOC)C2c2cccc(O)c2)c1. The number of Topliss-reactive ketones (excluding diaryl/α,β-unsaturated/α-hetero) is 1. The predicted octanol–water partition coefficient (Wildman–Crippen LogP) is 3.64. The molecule has 3 rings (SSSR count). The summed E-state index contributed by atoms with van der Waals surface area (Å²) >= 11 is 0. The van der Waals surface area contributed by atoms with E-state index in [0.717, 1.165) is 6.42 Å². The summed E-state index contributed by atoms with van der Waals surface area (Å²) in [6.07, 6.45) is 1.36. The molecule has 1 amide bonds. The lowest BCUT2D eigenvalue weighted by Gasteiger charge is -2.25. The Bertz CT molecular complexity index is 984. The first-order valence-corrected chi connectivity index (χ1v) is 10.3. The summed E-state index contributed by atoms with van der Waals surface area (Å²) in [4.78, 5) is 27.2. The van der Waals surface area contributed by atoms with E-state index in [2.05, 4.69) is 0 Å². The number of methoxy groups -OCH3 is 1. The Kier molecular flexibility index (Phi) is 7.31. The molecule has 2 N–H and O–H groups in total. The van der Waals surface area contributed by atoms with E-state index >= 15 is 0 Å². The van der Waals surface area contributed by atoms with Gasteiger partial charge in [-0.3, -0.25) is 9.59 Å². The highest BCUT2D eigenvalue weighted by atomic mass is 16.5. The number of phenols is 1. The second-order valence-electron chi connectivity index (χ2n) is 7.31. The van der Waals surface area contributed by atoms with E-state index in [9.17, 15) is 19.8 Å². The van der Waals surface area contributed by atoms with Crippen LogP contribution in [0, 0.1) is 0 Å². The first-order valence-electron chi connectivity index (χ1n) is 10.3. The van der Waals surface area contributed by atoms with Crippen LogP contribution in [0.4, 0.5) is 0 Å². The van der Waals surface area contributed by atoms with Crippen LogP contribution in [-0.4, -0.2) is 53.7 Å². The number of hydrogen-bond acceptors (Lipinski definition) is 6. The van der Waals surface area contributed by atoms with Gasteiger partial charge in [0, 0.05) is 25.8 Å². The minimum absolute atomic E-state index is 0.00921. The third-order valence-corrected chi connectivity index (χ3v) is 5.05. The highest BCUT2D eigenvalue weighted by Gasteiger charge is 2.45. The van der Waals surface area contributed by atoms with Crippen LogP contribution in [0.15, 0.2) is 54.1 Å². The number of benzene rings is 2. The molecule has 1 aliphatic rings. The Balaban J connectivity index is 2.08. The molecule has 0 radical (unpaired) electrons. The van der Waals surface area contributed by atoms with Crippen LogP contribution in [0.1, 0.15) is 36.9 Å². The quantitative estimate of drug-likeness (QED) is 0.276. The van der Waals surface area contributed by atoms with Crippen LogP contribution in [0.3, 0.4) is 0 Å². The first-order chi connectivity index (χ1) is 15.0. The third kappa shape index (κ3) is 4.88. The van der Waals surface area contributed by atoms with E-state index in [1.165, 1.54) is 17.0 Å². The van der Waals surface area contributed by atoms with Crippen molar-refractivity contribution in [2.75, 3.05) is 26.9 Å². The van der Waals surface area contributed by atoms with Gasteiger partial charge in [-0.2, -0.15) is 0 Å². The number of carbonyl (C=O) groups excluding carboxylic acids is 2. The summed E-state index contributed by atoms with van der Waals surface area (Å²) < 4.78 is 10.7. The molecule has 1 aliphatic heterocycles. The van der Waals surface area contributed by atoms with Gasteiger partial charge in [0.1, 0.15) is 17.3 Å². The lowest BCUT2D eigenvalue weighted by molar-refractivity contribution is -0.140. The third-order valence-electron chi connectivity index (χ3n) is 5.05. The van der Waals surface area contributed by atoms with Gasteiger partial charge >= 0.3 is 0 Å². The summed E-state index contributed by atoms with van der Waals surface area (Å²) in [5, 5.41) is 21.0. The summed E-state index contributed by atoms with van der Waals surface area (Å²) in [7, 11) is 1.56. The van der Waals surface area contributed by atoms with Crippen molar-refractivity contribution in [1.29, 1.82) is 0 Å². The van der Waals surface area contributed by atoms with Crippen LogP contribution >= 0.6 is 0 Å². The molecule has 7 heteroatoms. The lowest BCUT2D eigenvalue weighted by Crippen LogP contribution is -2.31. The van der Waals surface area contributed by atoms with Crippen molar-refractivity contribution in [3.8, 4) is 11.5 Å².